The van der Waals surface area contributed by atoms with Gasteiger partial charge in [0.25, 0.3) is 0 Å². The summed E-state index contributed by atoms with van der Waals surface area (Å²) in [5, 5.41) is 29.1. The molecular formula is C19H18N2O4. The van der Waals surface area contributed by atoms with Gasteiger partial charge in [-0.25, -0.2) is 9.59 Å². The Morgan fingerprint density at radius 2 is 1.84 bits per heavy atom. The van der Waals surface area contributed by atoms with E-state index >= 15 is 0 Å². The zero-order valence-corrected chi connectivity index (χ0v) is 13.8. The zero-order chi connectivity index (χ0) is 18.1. The summed E-state index contributed by atoms with van der Waals surface area (Å²) in [4.78, 5) is 25.9. The highest BCUT2D eigenvalue weighted by Gasteiger charge is 2.41. The molecule has 6 heteroatoms. The van der Waals surface area contributed by atoms with Crippen molar-refractivity contribution < 1.29 is 19.8 Å². The van der Waals surface area contributed by atoms with Crippen molar-refractivity contribution in [1.29, 1.82) is 5.26 Å². The molecule has 1 atom stereocenters. The fraction of sp³-hybridized carbons (Fsp3) is 0.316. The van der Waals surface area contributed by atoms with Crippen LogP contribution in [0.3, 0.4) is 0 Å². The van der Waals surface area contributed by atoms with Gasteiger partial charge in [-0.15, -0.1) is 0 Å². The number of nitriles is 1. The number of fused-ring (bicyclic) bond motifs is 1. The van der Waals surface area contributed by atoms with Crippen molar-refractivity contribution in [2.75, 3.05) is 6.54 Å². The number of rotatable bonds is 3. The molecule has 2 aliphatic rings. The van der Waals surface area contributed by atoms with E-state index in [9.17, 15) is 25.1 Å². The second-order valence-electron chi connectivity index (χ2n) is 6.21. The van der Waals surface area contributed by atoms with E-state index in [0.717, 1.165) is 12.8 Å². The van der Waals surface area contributed by atoms with E-state index in [2.05, 4.69) is 6.07 Å². The molecule has 2 aliphatic heterocycles. The van der Waals surface area contributed by atoms with Crippen molar-refractivity contribution in [3.63, 3.8) is 0 Å². The topological polar surface area (TPSA) is 102 Å². The lowest BCUT2D eigenvalue weighted by atomic mass is 9.76. The van der Waals surface area contributed by atoms with Crippen molar-refractivity contribution >= 4 is 11.9 Å². The number of benzene rings is 1. The van der Waals surface area contributed by atoms with Gasteiger partial charge in [-0.1, -0.05) is 18.2 Å². The molecule has 0 saturated carbocycles. The molecule has 0 bridgehead atoms. The van der Waals surface area contributed by atoms with Crippen molar-refractivity contribution in [3.05, 3.63) is 57.9 Å². The zero-order valence-electron chi connectivity index (χ0n) is 13.8. The molecule has 1 aromatic carbocycles. The van der Waals surface area contributed by atoms with Gasteiger partial charge in [0.05, 0.1) is 28.7 Å². The molecule has 128 valence electrons. The highest BCUT2D eigenvalue weighted by molar-refractivity contribution is 5.98. The molecule has 2 N–H and O–H groups in total. The lowest BCUT2D eigenvalue weighted by Gasteiger charge is -2.40. The molecule has 0 aromatic heterocycles. The number of carboxylic acids is 2. The summed E-state index contributed by atoms with van der Waals surface area (Å²) in [5.74, 6) is -3.24. The van der Waals surface area contributed by atoms with Gasteiger partial charge >= 0.3 is 11.9 Å². The molecule has 6 nitrogen and oxygen atoms in total. The van der Waals surface area contributed by atoms with E-state index in [-0.39, 0.29) is 11.1 Å². The third-order valence-electron chi connectivity index (χ3n) is 4.91. The van der Waals surface area contributed by atoms with E-state index in [4.69, 9.17) is 0 Å². The van der Waals surface area contributed by atoms with E-state index < -0.39 is 17.9 Å². The third kappa shape index (κ3) is 2.68. The van der Waals surface area contributed by atoms with Crippen LogP contribution in [-0.2, 0) is 9.59 Å². The number of hydrogen-bond donors (Lipinski definition) is 2. The van der Waals surface area contributed by atoms with Crippen molar-refractivity contribution in [3.8, 4) is 6.07 Å². The Bertz CT molecular complexity index is 860. The largest absolute Gasteiger partial charge is 0.478 e. The second kappa shape index (κ2) is 6.44. The summed E-state index contributed by atoms with van der Waals surface area (Å²) in [5.41, 5.74) is 2.06. The first-order valence-corrected chi connectivity index (χ1v) is 8.14. The molecule has 0 radical (unpaired) electrons. The van der Waals surface area contributed by atoms with Gasteiger partial charge in [-0.05, 0) is 37.8 Å². The molecule has 3 rings (SSSR count). The van der Waals surface area contributed by atoms with Gasteiger partial charge in [0.2, 0.25) is 0 Å². The molecule has 0 spiro atoms. The quantitative estimate of drug-likeness (QED) is 0.879. The van der Waals surface area contributed by atoms with Crippen LogP contribution in [0, 0.1) is 11.3 Å². The predicted molar refractivity (Wildman–Crippen MR) is 89.5 cm³/mol. The average molecular weight is 338 g/mol. The van der Waals surface area contributed by atoms with Crippen LogP contribution in [0.25, 0.3) is 0 Å². The highest BCUT2D eigenvalue weighted by Crippen LogP contribution is 2.45. The number of carboxylic acid groups (broad SMARTS) is 2. The Labute approximate surface area is 145 Å². The Balaban J connectivity index is 2.33. The maximum absolute atomic E-state index is 12.1. The van der Waals surface area contributed by atoms with Crippen molar-refractivity contribution in [2.45, 2.75) is 32.1 Å². The Hall–Kier alpha value is -3.07. The van der Waals surface area contributed by atoms with Crippen LogP contribution >= 0.6 is 0 Å². The molecule has 25 heavy (non-hydrogen) atoms. The summed E-state index contributed by atoms with van der Waals surface area (Å²) in [6.07, 6.45) is 2.35. The first-order valence-electron chi connectivity index (χ1n) is 8.14. The molecule has 2 heterocycles. The van der Waals surface area contributed by atoms with Gasteiger partial charge < -0.3 is 15.1 Å². The standard InChI is InChI=1S/C19H18N2O4/c1-11-15(18(22)23)16(13-7-3-2-6-12(13)10-20)17(19(24)25)14-8-4-5-9-21(11)14/h2-3,6-7,16H,4-5,8-9H2,1H3,(H,22,23)(H,24,25). The molecule has 0 aliphatic carbocycles. The van der Waals surface area contributed by atoms with Crippen LogP contribution in [0.15, 0.2) is 46.8 Å². The van der Waals surface area contributed by atoms with Gasteiger partial charge in [0.1, 0.15) is 0 Å². The fourth-order valence-corrected chi connectivity index (χ4v) is 3.83. The van der Waals surface area contributed by atoms with E-state index in [0.29, 0.717) is 35.5 Å². The number of piperidine rings is 1. The smallest absolute Gasteiger partial charge is 0.334 e. The Morgan fingerprint density at radius 3 is 2.48 bits per heavy atom. The van der Waals surface area contributed by atoms with Crippen LogP contribution in [0.2, 0.25) is 0 Å². The summed E-state index contributed by atoms with van der Waals surface area (Å²) in [6.45, 7) is 2.33. The summed E-state index contributed by atoms with van der Waals surface area (Å²) in [7, 11) is 0. The first-order chi connectivity index (χ1) is 12.0. The number of aliphatic carboxylic acids is 2. The summed E-state index contributed by atoms with van der Waals surface area (Å²) >= 11 is 0. The number of carbonyl (C=O) groups is 2. The lowest BCUT2D eigenvalue weighted by Crippen LogP contribution is -2.37. The number of nitrogens with zero attached hydrogens (tertiary/aromatic N) is 2. The van der Waals surface area contributed by atoms with Gasteiger partial charge in [0, 0.05) is 17.9 Å². The number of hydrogen-bond acceptors (Lipinski definition) is 4. The SMILES string of the molecule is CC1=C(C(=O)O)C(c2ccccc2C#N)C(C(=O)O)=C2CCCCN12. The van der Waals surface area contributed by atoms with E-state index in [1.807, 2.05) is 4.90 Å². The van der Waals surface area contributed by atoms with Crippen molar-refractivity contribution in [1.82, 2.24) is 4.90 Å². The number of allylic oxidation sites excluding steroid dienone is 2. The highest BCUT2D eigenvalue weighted by atomic mass is 16.4. The fourth-order valence-electron chi connectivity index (χ4n) is 3.83. The monoisotopic (exact) mass is 338 g/mol. The average Bonchev–Trinajstić information content (AvgIpc) is 2.60. The first kappa shape index (κ1) is 16.8. The third-order valence-corrected chi connectivity index (χ3v) is 4.91. The van der Waals surface area contributed by atoms with Gasteiger partial charge in [-0.3, -0.25) is 0 Å². The maximum Gasteiger partial charge on any atom is 0.334 e. The molecular weight excluding hydrogens is 320 g/mol. The molecule has 1 unspecified atom stereocenters. The Morgan fingerprint density at radius 1 is 1.16 bits per heavy atom. The predicted octanol–water partition coefficient (Wildman–Crippen LogP) is 2.84. The molecule has 1 fully saturated rings. The molecule has 0 amide bonds. The minimum atomic E-state index is -1.15. The normalized spacial score (nSPS) is 20.2. The van der Waals surface area contributed by atoms with Crippen molar-refractivity contribution in [2.24, 2.45) is 0 Å². The minimum absolute atomic E-state index is 0.0331. The van der Waals surface area contributed by atoms with E-state index in [1.54, 1.807) is 31.2 Å². The van der Waals surface area contributed by atoms with Gasteiger partial charge in [0.15, 0.2) is 0 Å². The van der Waals surface area contributed by atoms with Crippen LogP contribution in [0.1, 0.15) is 43.2 Å². The minimum Gasteiger partial charge on any atom is -0.478 e. The van der Waals surface area contributed by atoms with Crippen LogP contribution < -0.4 is 0 Å². The van der Waals surface area contributed by atoms with Crippen LogP contribution in [0.4, 0.5) is 0 Å². The van der Waals surface area contributed by atoms with Crippen LogP contribution in [-0.4, -0.2) is 33.6 Å². The maximum atomic E-state index is 12.1. The van der Waals surface area contributed by atoms with E-state index in [1.165, 1.54) is 0 Å². The Kier molecular flexibility index (Phi) is 4.32. The molecule has 1 saturated heterocycles. The summed E-state index contributed by atoms with van der Waals surface area (Å²) < 4.78 is 0. The molecule has 1 aromatic rings. The second-order valence-corrected chi connectivity index (χ2v) is 6.21. The van der Waals surface area contributed by atoms with Crippen LogP contribution in [0.5, 0.6) is 0 Å². The lowest BCUT2D eigenvalue weighted by molar-refractivity contribution is -0.133. The summed E-state index contributed by atoms with van der Waals surface area (Å²) in [6, 6.07) is 8.66. The van der Waals surface area contributed by atoms with Gasteiger partial charge in [-0.2, -0.15) is 5.26 Å².